The van der Waals surface area contributed by atoms with E-state index < -0.39 is 0 Å². The van der Waals surface area contributed by atoms with Crippen molar-refractivity contribution in [3.8, 4) is 0 Å². The van der Waals surface area contributed by atoms with E-state index in [2.05, 4.69) is 0 Å². The Morgan fingerprint density at radius 1 is 1.42 bits per heavy atom. The smallest absolute Gasteiger partial charge is 0.410 e. The molecule has 0 aliphatic carbocycles. The van der Waals surface area contributed by atoms with Crippen molar-refractivity contribution >= 4 is 6.09 Å². The van der Waals surface area contributed by atoms with Gasteiger partial charge in [0.2, 0.25) is 0 Å². The SMILES string of the molecule is CCC(CC)OC(=O)N1CCC1. The van der Waals surface area contributed by atoms with E-state index in [-0.39, 0.29) is 12.2 Å². The zero-order valence-corrected chi connectivity index (χ0v) is 7.88. The van der Waals surface area contributed by atoms with Crippen LogP contribution in [0, 0.1) is 0 Å². The van der Waals surface area contributed by atoms with E-state index in [0.717, 1.165) is 32.4 Å². The zero-order chi connectivity index (χ0) is 8.97. The van der Waals surface area contributed by atoms with Gasteiger partial charge in [-0.05, 0) is 19.3 Å². The number of hydrogen-bond acceptors (Lipinski definition) is 2. The first-order valence-electron chi connectivity index (χ1n) is 4.73. The number of nitrogens with zero attached hydrogens (tertiary/aromatic N) is 1. The number of carbonyl (C=O) groups is 1. The largest absolute Gasteiger partial charge is 0.446 e. The molecule has 1 aliphatic heterocycles. The minimum atomic E-state index is -0.130. The first-order valence-corrected chi connectivity index (χ1v) is 4.73. The summed E-state index contributed by atoms with van der Waals surface area (Å²) in [5, 5.41) is 0. The molecule has 3 heteroatoms. The maximum atomic E-state index is 11.3. The van der Waals surface area contributed by atoms with Crippen LogP contribution in [0.3, 0.4) is 0 Å². The van der Waals surface area contributed by atoms with E-state index in [1.165, 1.54) is 0 Å². The molecule has 0 N–H and O–H groups in total. The van der Waals surface area contributed by atoms with Crippen molar-refractivity contribution in [2.24, 2.45) is 0 Å². The normalized spacial score (nSPS) is 16.1. The van der Waals surface area contributed by atoms with Crippen LogP contribution >= 0.6 is 0 Å². The van der Waals surface area contributed by atoms with Gasteiger partial charge >= 0.3 is 6.09 Å². The van der Waals surface area contributed by atoms with Gasteiger partial charge in [-0.15, -0.1) is 0 Å². The summed E-state index contributed by atoms with van der Waals surface area (Å²) in [5.41, 5.74) is 0. The van der Waals surface area contributed by atoms with Gasteiger partial charge in [0.15, 0.2) is 0 Å². The fraction of sp³-hybridized carbons (Fsp3) is 0.889. The summed E-state index contributed by atoms with van der Waals surface area (Å²) in [6, 6.07) is 0. The van der Waals surface area contributed by atoms with E-state index >= 15 is 0 Å². The molecule has 1 amide bonds. The maximum absolute atomic E-state index is 11.3. The van der Waals surface area contributed by atoms with Gasteiger partial charge in [-0.25, -0.2) is 4.79 Å². The molecule has 1 fully saturated rings. The molecule has 1 rings (SSSR count). The molecule has 0 aromatic rings. The highest BCUT2D eigenvalue weighted by Crippen LogP contribution is 2.11. The van der Waals surface area contributed by atoms with E-state index in [4.69, 9.17) is 4.74 Å². The second kappa shape index (κ2) is 4.33. The Balaban J connectivity index is 2.23. The van der Waals surface area contributed by atoms with Gasteiger partial charge in [0, 0.05) is 13.1 Å². The first-order chi connectivity index (χ1) is 5.77. The van der Waals surface area contributed by atoms with Crippen LogP contribution in [0.4, 0.5) is 4.79 Å². The topological polar surface area (TPSA) is 29.5 Å². The molecule has 0 radical (unpaired) electrons. The number of ether oxygens (including phenoxy) is 1. The Morgan fingerprint density at radius 3 is 2.33 bits per heavy atom. The highest BCUT2D eigenvalue weighted by molar-refractivity contribution is 5.68. The van der Waals surface area contributed by atoms with Crippen molar-refractivity contribution in [3.05, 3.63) is 0 Å². The fourth-order valence-electron chi connectivity index (χ4n) is 1.17. The molecule has 1 saturated heterocycles. The summed E-state index contributed by atoms with van der Waals surface area (Å²) >= 11 is 0. The van der Waals surface area contributed by atoms with Gasteiger partial charge in [-0.3, -0.25) is 0 Å². The third-order valence-electron chi connectivity index (χ3n) is 2.29. The monoisotopic (exact) mass is 171 g/mol. The standard InChI is InChI=1S/C9H17NO2/c1-3-8(4-2)12-9(11)10-6-5-7-10/h8H,3-7H2,1-2H3. The molecule has 12 heavy (non-hydrogen) atoms. The lowest BCUT2D eigenvalue weighted by Crippen LogP contribution is -2.43. The number of hydrogen-bond donors (Lipinski definition) is 0. The summed E-state index contributed by atoms with van der Waals surface area (Å²) in [7, 11) is 0. The van der Waals surface area contributed by atoms with Crippen LogP contribution in [0.25, 0.3) is 0 Å². The third-order valence-corrected chi connectivity index (χ3v) is 2.29. The van der Waals surface area contributed by atoms with Crippen molar-refractivity contribution in [3.63, 3.8) is 0 Å². The van der Waals surface area contributed by atoms with Gasteiger partial charge in [0.05, 0.1) is 0 Å². The Kier molecular flexibility index (Phi) is 3.38. The van der Waals surface area contributed by atoms with Crippen LogP contribution in [-0.2, 0) is 4.74 Å². The Morgan fingerprint density at radius 2 is 2.00 bits per heavy atom. The van der Waals surface area contributed by atoms with Crippen molar-refractivity contribution in [1.29, 1.82) is 0 Å². The summed E-state index contributed by atoms with van der Waals surface area (Å²) in [6.07, 6.45) is 2.93. The van der Waals surface area contributed by atoms with Crippen LogP contribution in [0.2, 0.25) is 0 Å². The molecule has 0 atom stereocenters. The van der Waals surface area contributed by atoms with Gasteiger partial charge in [-0.1, -0.05) is 13.8 Å². The number of amides is 1. The lowest BCUT2D eigenvalue weighted by molar-refractivity contribution is 0.0437. The van der Waals surface area contributed by atoms with Crippen molar-refractivity contribution in [2.75, 3.05) is 13.1 Å². The number of likely N-dealkylation sites (tertiary alicyclic amines) is 1. The molecule has 70 valence electrons. The third kappa shape index (κ3) is 2.13. The van der Waals surface area contributed by atoms with E-state index in [9.17, 15) is 4.79 Å². The van der Waals surface area contributed by atoms with Crippen molar-refractivity contribution in [2.45, 2.75) is 39.2 Å². The molecule has 3 nitrogen and oxygen atoms in total. The van der Waals surface area contributed by atoms with Crippen LogP contribution in [-0.4, -0.2) is 30.2 Å². The Bertz CT molecular complexity index is 151. The van der Waals surface area contributed by atoms with Crippen LogP contribution in [0.15, 0.2) is 0 Å². The van der Waals surface area contributed by atoms with Crippen LogP contribution in [0.1, 0.15) is 33.1 Å². The number of carbonyl (C=O) groups excluding carboxylic acids is 1. The van der Waals surface area contributed by atoms with Gasteiger partial charge < -0.3 is 9.64 Å². The zero-order valence-electron chi connectivity index (χ0n) is 7.88. The van der Waals surface area contributed by atoms with E-state index in [0.29, 0.717) is 0 Å². The summed E-state index contributed by atoms with van der Waals surface area (Å²) in [6.45, 7) is 5.83. The molecule has 0 aromatic heterocycles. The molecule has 0 saturated carbocycles. The number of rotatable bonds is 3. The highest BCUT2D eigenvalue weighted by atomic mass is 16.6. The van der Waals surface area contributed by atoms with Gasteiger partial charge in [0.25, 0.3) is 0 Å². The average Bonchev–Trinajstić information content (AvgIpc) is 1.96. The average molecular weight is 171 g/mol. The second-order valence-electron chi connectivity index (χ2n) is 3.16. The summed E-state index contributed by atoms with van der Waals surface area (Å²) in [5.74, 6) is 0. The quantitative estimate of drug-likeness (QED) is 0.650. The summed E-state index contributed by atoms with van der Waals surface area (Å²) in [4.78, 5) is 13.0. The molecule has 0 unspecified atom stereocenters. The predicted molar refractivity (Wildman–Crippen MR) is 47.0 cm³/mol. The highest BCUT2D eigenvalue weighted by Gasteiger charge is 2.23. The van der Waals surface area contributed by atoms with E-state index in [1.54, 1.807) is 4.90 Å². The Hall–Kier alpha value is -0.730. The van der Waals surface area contributed by atoms with Crippen LogP contribution in [0.5, 0.6) is 0 Å². The van der Waals surface area contributed by atoms with Gasteiger partial charge in [-0.2, -0.15) is 0 Å². The van der Waals surface area contributed by atoms with Gasteiger partial charge in [0.1, 0.15) is 6.10 Å². The lowest BCUT2D eigenvalue weighted by atomic mass is 10.2. The molecule has 1 heterocycles. The van der Waals surface area contributed by atoms with Crippen molar-refractivity contribution in [1.82, 2.24) is 4.90 Å². The van der Waals surface area contributed by atoms with Crippen LogP contribution < -0.4 is 0 Å². The minimum Gasteiger partial charge on any atom is -0.446 e. The molecule has 0 bridgehead atoms. The minimum absolute atomic E-state index is 0.109. The molecule has 1 aliphatic rings. The molecule has 0 spiro atoms. The molecular formula is C9H17NO2. The predicted octanol–water partition coefficient (Wildman–Crippen LogP) is 2.02. The molecule has 0 aromatic carbocycles. The van der Waals surface area contributed by atoms with E-state index in [1.807, 2.05) is 13.8 Å². The lowest BCUT2D eigenvalue weighted by Gasteiger charge is -2.31. The molecular weight excluding hydrogens is 154 g/mol. The first kappa shape index (κ1) is 9.36. The summed E-state index contributed by atoms with van der Waals surface area (Å²) < 4.78 is 5.24. The fourth-order valence-corrected chi connectivity index (χ4v) is 1.17. The maximum Gasteiger partial charge on any atom is 0.410 e. The second-order valence-corrected chi connectivity index (χ2v) is 3.16. The van der Waals surface area contributed by atoms with Crippen molar-refractivity contribution < 1.29 is 9.53 Å². The Labute approximate surface area is 73.7 Å².